The van der Waals surface area contributed by atoms with E-state index in [2.05, 4.69) is 32.7 Å². The van der Waals surface area contributed by atoms with Gasteiger partial charge in [-0.2, -0.15) is 0 Å². The van der Waals surface area contributed by atoms with Crippen LogP contribution in [0.15, 0.2) is 52.1 Å². The number of hydrogen-bond acceptors (Lipinski definition) is 4. The number of likely N-dealkylation sites (tertiary alicyclic amines) is 1. The molecule has 0 radical (unpaired) electrons. The Bertz CT molecular complexity index is 732. The summed E-state index contributed by atoms with van der Waals surface area (Å²) in [4.78, 5) is 7.13. The molecule has 1 aliphatic rings. The van der Waals surface area contributed by atoms with Gasteiger partial charge in [0, 0.05) is 50.8 Å². The first-order valence-corrected chi connectivity index (χ1v) is 10.6. The smallest absolute Gasteiger partial charge is 0.191 e. The molecular weight excluding hydrogens is 515 g/mol. The minimum absolute atomic E-state index is 0. The molecule has 166 valence electrons. The van der Waals surface area contributed by atoms with Gasteiger partial charge < -0.3 is 19.8 Å². The SMILES string of the molecule is COCCN=C(NCCc1ccco1)NC1CCN(Cc2ccc(Cl)cc2)CC1.I. The van der Waals surface area contributed by atoms with Crippen LogP contribution in [0, 0.1) is 0 Å². The van der Waals surface area contributed by atoms with Crippen molar-refractivity contribution in [2.75, 3.05) is 39.9 Å². The number of benzene rings is 1. The summed E-state index contributed by atoms with van der Waals surface area (Å²) in [5.41, 5.74) is 1.31. The Kier molecular flexibility index (Phi) is 11.6. The lowest BCUT2D eigenvalue weighted by molar-refractivity contribution is 0.198. The van der Waals surface area contributed by atoms with Crippen LogP contribution in [0.4, 0.5) is 0 Å². The third kappa shape index (κ3) is 8.83. The second-order valence-electron chi connectivity index (χ2n) is 7.30. The van der Waals surface area contributed by atoms with Crippen LogP contribution in [0.1, 0.15) is 24.2 Å². The Labute approximate surface area is 201 Å². The summed E-state index contributed by atoms with van der Waals surface area (Å²) in [6.07, 6.45) is 4.73. The quantitative estimate of drug-likeness (QED) is 0.216. The van der Waals surface area contributed by atoms with Crippen molar-refractivity contribution in [3.63, 3.8) is 0 Å². The molecule has 30 heavy (non-hydrogen) atoms. The molecule has 1 fully saturated rings. The Morgan fingerprint density at radius 2 is 2.00 bits per heavy atom. The summed E-state index contributed by atoms with van der Waals surface area (Å²) in [5.74, 6) is 1.83. The molecule has 0 spiro atoms. The topological polar surface area (TPSA) is 62.0 Å². The van der Waals surface area contributed by atoms with Gasteiger partial charge in [-0.3, -0.25) is 9.89 Å². The Morgan fingerprint density at radius 3 is 2.67 bits per heavy atom. The molecule has 1 saturated heterocycles. The van der Waals surface area contributed by atoms with Crippen molar-refractivity contribution in [1.29, 1.82) is 0 Å². The van der Waals surface area contributed by atoms with Gasteiger partial charge in [0.25, 0.3) is 0 Å². The third-order valence-electron chi connectivity index (χ3n) is 5.06. The summed E-state index contributed by atoms with van der Waals surface area (Å²) < 4.78 is 10.5. The van der Waals surface area contributed by atoms with Crippen molar-refractivity contribution in [2.24, 2.45) is 4.99 Å². The second kappa shape index (κ2) is 13.9. The van der Waals surface area contributed by atoms with E-state index in [0.29, 0.717) is 19.2 Å². The van der Waals surface area contributed by atoms with E-state index in [0.717, 1.165) is 62.2 Å². The van der Waals surface area contributed by atoms with Gasteiger partial charge in [-0.15, -0.1) is 24.0 Å². The van der Waals surface area contributed by atoms with Crippen LogP contribution >= 0.6 is 35.6 Å². The normalized spacial score (nSPS) is 15.6. The molecule has 0 aliphatic carbocycles. The summed E-state index contributed by atoms with van der Waals surface area (Å²) in [6.45, 7) is 5.14. The number of nitrogens with zero attached hydrogens (tertiary/aromatic N) is 2. The summed E-state index contributed by atoms with van der Waals surface area (Å²) in [5, 5.41) is 7.80. The number of hydrogen-bond donors (Lipinski definition) is 2. The Hall–Kier alpha value is -1.29. The highest BCUT2D eigenvalue weighted by molar-refractivity contribution is 14.0. The average Bonchev–Trinajstić information content (AvgIpc) is 3.25. The maximum Gasteiger partial charge on any atom is 0.191 e. The Balaban J connectivity index is 0.00000320. The predicted molar refractivity (Wildman–Crippen MR) is 133 cm³/mol. The molecule has 0 amide bonds. The van der Waals surface area contributed by atoms with Gasteiger partial charge in [-0.1, -0.05) is 23.7 Å². The molecule has 1 aromatic heterocycles. The number of rotatable bonds is 9. The van der Waals surface area contributed by atoms with Crippen molar-refractivity contribution in [1.82, 2.24) is 15.5 Å². The average molecular weight is 547 g/mol. The lowest BCUT2D eigenvalue weighted by Crippen LogP contribution is -2.49. The molecule has 0 atom stereocenters. The molecule has 2 heterocycles. The molecule has 3 rings (SSSR count). The van der Waals surface area contributed by atoms with Crippen LogP contribution in [-0.4, -0.2) is 56.8 Å². The fraction of sp³-hybridized carbons (Fsp3) is 0.500. The van der Waals surface area contributed by atoms with Crippen molar-refractivity contribution in [3.05, 3.63) is 59.0 Å². The fourth-order valence-electron chi connectivity index (χ4n) is 3.44. The first-order chi connectivity index (χ1) is 14.2. The van der Waals surface area contributed by atoms with E-state index in [-0.39, 0.29) is 24.0 Å². The van der Waals surface area contributed by atoms with Crippen LogP contribution in [0.25, 0.3) is 0 Å². The molecule has 6 nitrogen and oxygen atoms in total. The van der Waals surface area contributed by atoms with E-state index in [1.165, 1.54) is 5.56 Å². The number of guanidine groups is 1. The summed E-state index contributed by atoms with van der Waals surface area (Å²) >= 11 is 5.98. The van der Waals surface area contributed by atoms with Crippen LogP contribution in [0.3, 0.4) is 0 Å². The number of aliphatic imine (C=N–C) groups is 1. The zero-order valence-corrected chi connectivity index (χ0v) is 20.6. The van der Waals surface area contributed by atoms with E-state index in [1.54, 1.807) is 13.4 Å². The van der Waals surface area contributed by atoms with E-state index >= 15 is 0 Å². The van der Waals surface area contributed by atoms with Gasteiger partial charge in [0.15, 0.2) is 5.96 Å². The first kappa shape index (κ1) is 25.0. The number of methoxy groups -OCH3 is 1. The van der Waals surface area contributed by atoms with Gasteiger partial charge in [0.05, 0.1) is 19.4 Å². The maximum atomic E-state index is 5.98. The highest BCUT2D eigenvalue weighted by Crippen LogP contribution is 2.16. The molecular formula is C22H32ClIN4O2. The van der Waals surface area contributed by atoms with Gasteiger partial charge in [-0.25, -0.2) is 0 Å². The number of furan rings is 1. The van der Waals surface area contributed by atoms with Gasteiger partial charge in [-0.05, 0) is 42.7 Å². The highest BCUT2D eigenvalue weighted by atomic mass is 127. The second-order valence-corrected chi connectivity index (χ2v) is 7.74. The maximum absolute atomic E-state index is 5.98. The first-order valence-electron chi connectivity index (χ1n) is 10.3. The van der Waals surface area contributed by atoms with Crippen LogP contribution in [0.5, 0.6) is 0 Å². The van der Waals surface area contributed by atoms with Gasteiger partial charge >= 0.3 is 0 Å². The van der Waals surface area contributed by atoms with Crippen molar-refractivity contribution in [3.8, 4) is 0 Å². The molecule has 0 saturated carbocycles. The molecule has 0 unspecified atom stereocenters. The molecule has 2 N–H and O–H groups in total. The number of ether oxygens (including phenoxy) is 1. The third-order valence-corrected chi connectivity index (χ3v) is 5.31. The highest BCUT2D eigenvalue weighted by Gasteiger charge is 2.20. The van der Waals surface area contributed by atoms with Crippen molar-refractivity contribution in [2.45, 2.75) is 31.8 Å². The monoisotopic (exact) mass is 546 g/mol. The number of piperidine rings is 1. The molecule has 2 aromatic rings. The molecule has 0 bridgehead atoms. The molecule has 1 aliphatic heterocycles. The molecule has 8 heteroatoms. The lowest BCUT2D eigenvalue weighted by atomic mass is 10.0. The van der Waals surface area contributed by atoms with E-state index in [9.17, 15) is 0 Å². The standard InChI is InChI=1S/C22H31ClN4O2.HI/c1-28-16-12-25-22(24-11-8-21-3-2-15-29-21)26-20-9-13-27(14-10-20)17-18-4-6-19(23)7-5-18;/h2-7,15,20H,8-14,16-17H2,1H3,(H2,24,25,26);1H. The zero-order valence-electron chi connectivity index (χ0n) is 17.5. The van der Waals surface area contributed by atoms with E-state index in [1.807, 2.05) is 24.3 Å². The fourth-order valence-corrected chi connectivity index (χ4v) is 3.56. The van der Waals surface area contributed by atoms with Crippen LogP contribution < -0.4 is 10.6 Å². The number of halogens is 2. The van der Waals surface area contributed by atoms with E-state index < -0.39 is 0 Å². The zero-order chi connectivity index (χ0) is 20.3. The molecule has 1 aromatic carbocycles. The van der Waals surface area contributed by atoms with Crippen LogP contribution in [-0.2, 0) is 17.7 Å². The van der Waals surface area contributed by atoms with E-state index in [4.69, 9.17) is 20.8 Å². The minimum atomic E-state index is 0. The summed E-state index contributed by atoms with van der Waals surface area (Å²) in [6, 6.07) is 12.5. The van der Waals surface area contributed by atoms with Crippen LogP contribution in [0.2, 0.25) is 5.02 Å². The lowest BCUT2D eigenvalue weighted by Gasteiger charge is -2.33. The largest absolute Gasteiger partial charge is 0.469 e. The van der Waals surface area contributed by atoms with Crippen molar-refractivity contribution < 1.29 is 9.15 Å². The minimum Gasteiger partial charge on any atom is -0.469 e. The summed E-state index contributed by atoms with van der Waals surface area (Å²) in [7, 11) is 1.70. The predicted octanol–water partition coefficient (Wildman–Crippen LogP) is 3.94. The number of nitrogens with one attached hydrogen (secondary N) is 2. The van der Waals surface area contributed by atoms with Crippen molar-refractivity contribution >= 4 is 41.5 Å². The van der Waals surface area contributed by atoms with Gasteiger partial charge in [0.1, 0.15) is 5.76 Å². The Morgan fingerprint density at radius 1 is 1.23 bits per heavy atom. The van der Waals surface area contributed by atoms with Gasteiger partial charge in [0.2, 0.25) is 0 Å².